The normalized spacial score (nSPS) is 9.88. The molecule has 0 saturated carbocycles. The SMILES string of the molecule is Cc1ccc(-n2ccc(C(N)=O)n2)c(C#N)c1. The highest BCUT2D eigenvalue weighted by Gasteiger charge is 2.09. The number of nitriles is 1. The van der Waals surface area contributed by atoms with Gasteiger partial charge >= 0.3 is 0 Å². The first-order chi connectivity index (χ1) is 8.11. The number of aromatic nitrogens is 2. The summed E-state index contributed by atoms with van der Waals surface area (Å²) in [5.74, 6) is -0.589. The van der Waals surface area contributed by atoms with Crippen molar-refractivity contribution in [2.45, 2.75) is 6.92 Å². The van der Waals surface area contributed by atoms with Gasteiger partial charge in [-0.05, 0) is 30.7 Å². The summed E-state index contributed by atoms with van der Waals surface area (Å²) >= 11 is 0. The van der Waals surface area contributed by atoms with E-state index < -0.39 is 5.91 Å². The lowest BCUT2D eigenvalue weighted by atomic mass is 10.1. The minimum absolute atomic E-state index is 0.175. The molecule has 0 bridgehead atoms. The monoisotopic (exact) mass is 226 g/mol. The van der Waals surface area contributed by atoms with Gasteiger partial charge in [-0.25, -0.2) is 4.68 Å². The van der Waals surface area contributed by atoms with Gasteiger partial charge in [0.1, 0.15) is 11.8 Å². The fraction of sp³-hybridized carbons (Fsp3) is 0.0833. The molecule has 84 valence electrons. The summed E-state index contributed by atoms with van der Waals surface area (Å²) in [5.41, 5.74) is 7.42. The summed E-state index contributed by atoms with van der Waals surface area (Å²) in [6, 6.07) is 9.04. The fourth-order valence-electron chi connectivity index (χ4n) is 1.53. The van der Waals surface area contributed by atoms with Crippen molar-refractivity contribution in [2.75, 3.05) is 0 Å². The van der Waals surface area contributed by atoms with E-state index >= 15 is 0 Å². The number of hydrogen-bond acceptors (Lipinski definition) is 3. The number of carbonyl (C=O) groups is 1. The third kappa shape index (κ3) is 2.01. The van der Waals surface area contributed by atoms with Gasteiger partial charge in [0.05, 0.1) is 11.3 Å². The number of aryl methyl sites for hydroxylation is 1. The number of carbonyl (C=O) groups excluding carboxylic acids is 1. The molecule has 0 atom stereocenters. The van der Waals surface area contributed by atoms with Crippen LogP contribution in [0.3, 0.4) is 0 Å². The summed E-state index contributed by atoms with van der Waals surface area (Å²) < 4.78 is 1.47. The van der Waals surface area contributed by atoms with Crippen LogP contribution in [0.15, 0.2) is 30.5 Å². The Morgan fingerprint density at radius 1 is 1.47 bits per heavy atom. The van der Waals surface area contributed by atoms with Crippen LogP contribution in [-0.2, 0) is 0 Å². The maximum Gasteiger partial charge on any atom is 0.269 e. The fourth-order valence-corrected chi connectivity index (χ4v) is 1.53. The number of nitrogens with two attached hydrogens (primary N) is 1. The first kappa shape index (κ1) is 10.9. The molecular formula is C12H10N4O. The first-order valence-corrected chi connectivity index (χ1v) is 4.98. The Morgan fingerprint density at radius 3 is 2.82 bits per heavy atom. The number of benzene rings is 1. The van der Waals surface area contributed by atoms with E-state index in [1.165, 1.54) is 10.7 Å². The van der Waals surface area contributed by atoms with E-state index in [2.05, 4.69) is 11.2 Å². The van der Waals surface area contributed by atoms with Gasteiger partial charge < -0.3 is 5.73 Å². The van der Waals surface area contributed by atoms with Gasteiger partial charge in [-0.3, -0.25) is 4.79 Å². The summed E-state index contributed by atoms with van der Waals surface area (Å²) in [4.78, 5) is 10.9. The predicted molar refractivity (Wildman–Crippen MR) is 61.5 cm³/mol. The first-order valence-electron chi connectivity index (χ1n) is 4.98. The smallest absolute Gasteiger partial charge is 0.269 e. The zero-order valence-electron chi connectivity index (χ0n) is 9.21. The molecule has 0 radical (unpaired) electrons. The van der Waals surface area contributed by atoms with Crippen LogP contribution in [0, 0.1) is 18.3 Å². The van der Waals surface area contributed by atoms with Crippen LogP contribution in [0.1, 0.15) is 21.6 Å². The average Bonchev–Trinajstić information content (AvgIpc) is 2.78. The van der Waals surface area contributed by atoms with Crippen molar-refractivity contribution in [1.82, 2.24) is 9.78 Å². The Kier molecular flexibility index (Phi) is 2.63. The van der Waals surface area contributed by atoms with Gasteiger partial charge in [0, 0.05) is 6.20 Å². The Balaban J connectivity index is 2.53. The van der Waals surface area contributed by atoms with E-state index in [-0.39, 0.29) is 5.69 Å². The quantitative estimate of drug-likeness (QED) is 0.833. The van der Waals surface area contributed by atoms with Gasteiger partial charge in [0.15, 0.2) is 0 Å². The summed E-state index contributed by atoms with van der Waals surface area (Å²) in [7, 11) is 0. The highest BCUT2D eigenvalue weighted by Crippen LogP contribution is 2.15. The molecule has 17 heavy (non-hydrogen) atoms. The van der Waals surface area contributed by atoms with Gasteiger partial charge in [-0.2, -0.15) is 10.4 Å². The zero-order chi connectivity index (χ0) is 12.4. The van der Waals surface area contributed by atoms with Crippen molar-refractivity contribution < 1.29 is 4.79 Å². The maximum atomic E-state index is 10.9. The zero-order valence-corrected chi connectivity index (χ0v) is 9.21. The van der Waals surface area contributed by atoms with Gasteiger partial charge in [-0.1, -0.05) is 6.07 Å². The van der Waals surface area contributed by atoms with E-state index in [0.29, 0.717) is 11.3 Å². The topological polar surface area (TPSA) is 84.7 Å². The molecule has 2 rings (SSSR count). The lowest BCUT2D eigenvalue weighted by Gasteiger charge is -2.04. The van der Waals surface area contributed by atoms with Crippen molar-refractivity contribution in [3.63, 3.8) is 0 Å². The van der Waals surface area contributed by atoms with E-state index in [1.807, 2.05) is 13.0 Å². The van der Waals surface area contributed by atoms with Gasteiger partial charge in [-0.15, -0.1) is 0 Å². The van der Waals surface area contributed by atoms with E-state index in [9.17, 15) is 4.79 Å². The number of primary amides is 1. The second kappa shape index (κ2) is 4.10. The molecule has 0 aliphatic carbocycles. The molecule has 1 aromatic carbocycles. The van der Waals surface area contributed by atoms with Crippen LogP contribution in [0.25, 0.3) is 5.69 Å². The standard InChI is InChI=1S/C12H10N4O/c1-8-2-3-11(9(6-8)7-13)16-5-4-10(15-16)12(14)17/h2-6H,1H3,(H2,14,17). The molecule has 0 fully saturated rings. The van der Waals surface area contributed by atoms with Crippen LogP contribution < -0.4 is 5.73 Å². The number of hydrogen-bond donors (Lipinski definition) is 1. The van der Waals surface area contributed by atoms with Crippen LogP contribution >= 0.6 is 0 Å². The average molecular weight is 226 g/mol. The van der Waals surface area contributed by atoms with Crippen LogP contribution in [0.4, 0.5) is 0 Å². The number of rotatable bonds is 2. The Morgan fingerprint density at radius 2 is 2.24 bits per heavy atom. The molecule has 0 unspecified atom stereocenters. The van der Waals surface area contributed by atoms with Gasteiger partial charge in [0.25, 0.3) is 5.91 Å². The highest BCUT2D eigenvalue weighted by atomic mass is 16.1. The molecule has 0 saturated heterocycles. The Labute approximate surface area is 98.1 Å². The van der Waals surface area contributed by atoms with E-state index in [4.69, 9.17) is 11.0 Å². The summed E-state index contributed by atoms with van der Waals surface area (Å²) in [6.07, 6.45) is 1.60. The highest BCUT2D eigenvalue weighted by molar-refractivity contribution is 5.90. The molecule has 1 heterocycles. The van der Waals surface area contributed by atoms with Crippen molar-refractivity contribution in [3.05, 3.63) is 47.3 Å². The van der Waals surface area contributed by atoms with Crippen LogP contribution in [0.5, 0.6) is 0 Å². The molecule has 0 aliphatic heterocycles. The molecule has 2 aromatic rings. The maximum absolute atomic E-state index is 10.9. The van der Waals surface area contributed by atoms with E-state index in [1.54, 1.807) is 18.3 Å². The molecular weight excluding hydrogens is 216 g/mol. The largest absolute Gasteiger partial charge is 0.364 e. The minimum atomic E-state index is -0.589. The second-order valence-corrected chi connectivity index (χ2v) is 3.64. The molecule has 5 heteroatoms. The molecule has 0 spiro atoms. The van der Waals surface area contributed by atoms with Gasteiger partial charge in [0.2, 0.25) is 0 Å². The minimum Gasteiger partial charge on any atom is -0.364 e. The Hall–Kier alpha value is -2.61. The number of nitrogens with zero attached hydrogens (tertiary/aromatic N) is 3. The van der Waals surface area contributed by atoms with Crippen molar-refractivity contribution in [3.8, 4) is 11.8 Å². The van der Waals surface area contributed by atoms with Crippen LogP contribution in [-0.4, -0.2) is 15.7 Å². The third-order valence-electron chi connectivity index (χ3n) is 2.36. The third-order valence-corrected chi connectivity index (χ3v) is 2.36. The number of amides is 1. The summed E-state index contributed by atoms with van der Waals surface area (Å²) in [5, 5.41) is 13.0. The van der Waals surface area contributed by atoms with Crippen LogP contribution in [0.2, 0.25) is 0 Å². The molecule has 5 nitrogen and oxygen atoms in total. The Bertz CT molecular complexity index is 622. The molecule has 2 N–H and O–H groups in total. The van der Waals surface area contributed by atoms with Crippen molar-refractivity contribution >= 4 is 5.91 Å². The van der Waals surface area contributed by atoms with E-state index in [0.717, 1.165) is 5.56 Å². The molecule has 0 aliphatic rings. The predicted octanol–water partition coefficient (Wildman–Crippen LogP) is 1.15. The lowest BCUT2D eigenvalue weighted by Crippen LogP contribution is -2.12. The molecule has 1 amide bonds. The second-order valence-electron chi connectivity index (χ2n) is 3.64. The lowest BCUT2D eigenvalue weighted by molar-refractivity contribution is 0.0995. The molecule has 1 aromatic heterocycles. The van der Waals surface area contributed by atoms with Crippen molar-refractivity contribution in [2.24, 2.45) is 5.73 Å². The summed E-state index contributed by atoms with van der Waals surface area (Å²) in [6.45, 7) is 1.91. The van der Waals surface area contributed by atoms with Crippen molar-refractivity contribution in [1.29, 1.82) is 5.26 Å².